The van der Waals surface area contributed by atoms with E-state index in [-0.39, 0.29) is 11.6 Å². The van der Waals surface area contributed by atoms with E-state index in [1.54, 1.807) is 0 Å². The lowest BCUT2D eigenvalue weighted by Gasteiger charge is -2.38. The fourth-order valence-electron chi connectivity index (χ4n) is 3.80. The van der Waals surface area contributed by atoms with Crippen LogP contribution in [0.25, 0.3) is 0 Å². The molecule has 0 unspecified atom stereocenters. The molecule has 0 bridgehead atoms. The number of aryl methyl sites for hydroxylation is 1. The zero-order valence-electron chi connectivity index (χ0n) is 18.1. The number of rotatable bonds is 5. The van der Waals surface area contributed by atoms with Gasteiger partial charge in [-0.15, -0.1) is 11.8 Å². The second kappa shape index (κ2) is 9.33. The molecule has 0 radical (unpaired) electrons. The minimum absolute atomic E-state index is 0.111. The Morgan fingerprint density at radius 2 is 1.81 bits per heavy atom. The summed E-state index contributed by atoms with van der Waals surface area (Å²) in [6.07, 6.45) is 0.848. The molecule has 3 aromatic rings. The molecule has 0 fully saturated rings. The summed E-state index contributed by atoms with van der Waals surface area (Å²) in [5.41, 5.74) is 4.41. The summed E-state index contributed by atoms with van der Waals surface area (Å²) in [4.78, 5) is 1.28. The number of hydrogen-bond donors (Lipinski definition) is 2. The topological polar surface area (TPSA) is 33.3 Å². The Labute approximate surface area is 194 Å². The monoisotopic (exact) mass is 448 g/mol. The van der Waals surface area contributed by atoms with E-state index in [9.17, 15) is 0 Å². The van der Waals surface area contributed by atoms with Crippen LogP contribution in [-0.4, -0.2) is 10.7 Å². The van der Waals surface area contributed by atoms with Gasteiger partial charge in [0.25, 0.3) is 0 Å². The highest BCUT2D eigenvalue weighted by molar-refractivity contribution is 7.98. The number of ether oxygens (including phenoxy) is 1. The molecule has 0 spiro atoms. The zero-order chi connectivity index (χ0) is 21.8. The van der Waals surface area contributed by atoms with E-state index >= 15 is 0 Å². The first-order valence-electron chi connectivity index (χ1n) is 10.5. The van der Waals surface area contributed by atoms with Gasteiger partial charge in [-0.1, -0.05) is 48.0 Å². The number of benzene rings is 3. The normalized spacial score (nSPS) is 16.7. The van der Waals surface area contributed by atoms with Gasteiger partial charge < -0.3 is 15.4 Å². The molecule has 160 valence electrons. The van der Waals surface area contributed by atoms with Gasteiger partial charge >= 0.3 is 0 Å². The molecule has 2 N–H and O–H groups in total. The zero-order valence-corrected chi connectivity index (χ0v) is 19.8. The first-order chi connectivity index (χ1) is 14.9. The third-order valence-electron chi connectivity index (χ3n) is 5.29. The van der Waals surface area contributed by atoms with Crippen molar-refractivity contribution in [3.8, 4) is 5.75 Å². The van der Waals surface area contributed by atoms with Gasteiger partial charge in [0, 0.05) is 28.3 Å². The van der Waals surface area contributed by atoms with Crippen LogP contribution in [-0.2, 0) is 5.75 Å². The number of anilines is 1. The Morgan fingerprint density at radius 3 is 2.55 bits per heavy atom. The highest BCUT2D eigenvalue weighted by atomic mass is 32.2. The molecular weight excluding hydrogens is 420 g/mol. The van der Waals surface area contributed by atoms with Gasteiger partial charge in [-0.3, -0.25) is 0 Å². The number of nitrogens with one attached hydrogen (secondary N) is 2. The van der Waals surface area contributed by atoms with E-state index in [1.165, 1.54) is 16.0 Å². The van der Waals surface area contributed by atoms with Crippen LogP contribution in [0.1, 0.15) is 43.0 Å². The van der Waals surface area contributed by atoms with Crippen molar-refractivity contribution >= 4 is 34.8 Å². The van der Waals surface area contributed by atoms with Crippen LogP contribution in [0, 0.1) is 6.92 Å². The van der Waals surface area contributed by atoms with Gasteiger partial charge in [0.2, 0.25) is 0 Å². The van der Waals surface area contributed by atoms with Crippen LogP contribution in [0.5, 0.6) is 5.75 Å². The first kappa shape index (κ1) is 21.7. The molecule has 1 aliphatic rings. The largest absolute Gasteiger partial charge is 0.487 e. The summed E-state index contributed by atoms with van der Waals surface area (Å²) in [5.74, 6) is 1.88. The van der Waals surface area contributed by atoms with Crippen molar-refractivity contribution in [2.24, 2.45) is 0 Å². The van der Waals surface area contributed by atoms with Crippen LogP contribution in [0.2, 0.25) is 0 Å². The van der Waals surface area contributed by atoms with Crippen LogP contribution in [0.3, 0.4) is 0 Å². The summed E-state index contributed by atoms with van der Waals surface area (Å²) < 4.78 is 6.17. The maximum Gasteiger partial charge on any atom is 0.171 e. The predicted octanol–water partition coefficient (Wildman–Crippen LogP) is 6.88. The van der Waals surface area contributed by atoms with E-state index in [2.05, 4.69) is 98.1 Å². The van der Waals surface area contributed by atoms with Crippen LogP contribution < -0.4 is 15.4 Å². The molecule has 3 nitrogen and oxygen atoms in total. The standard InChI is InChI=1S/C26H28N2OS2/c1-18-9-14-24-22(15-18)23(16-26(2,3)29-24)28-25(30)27-20-12-10-19(11-13-20)17-31-21-7-5-4-6-8-21/h4-15,23H,16-17H2,1-3H3,(H2,27,28,30)/t23-/m1/s1. The van der Waals surface area contributed by atoms with Crippen LogP contribution in [0.4, 0.5) is 5.69 Å². The van der Waals surface area contributed by atoms with Crippen molar-refractivity contribution in [1.82, 2.24) is 5.32 Å². The van der Waals surface area contributed by atoms with Crippen LogP contribution in [0.15, 0.2) is 77.7 Å². The molecule has 3 aromatic carbocycles. The lowest BCUT2D eigenvalue weighted by molar-refractivity contribution is 0.0696. The van der Waals surface area contributed by atoms with Crippen molar-refractivity contribution in [2.75, 3.05) is 5.32 Å². The molecular formula is C26H28N2OS2. The number of fused-ring (bicyclic) bond motifs is 1. The van der Waals surface area contributed by atoms with E-state index in [0.717, 1.165) is 29.2 Å². The molecule has 0 aromatic heterocycles. The predicted molar refractivity (Wildman–Crippen MR) is 135 cm³/mol. The fraction of sp³-hybridized carbons (Fsp3) is 0.269. The van der Waals surface area contributed by atoms with Crippen molar-refractivity contribution in [3.63, 3.8) is 0 Å². The molecule has 1 atom stereocenters. The van der Waals surface area contributed by atoms with Crippen molar-refractivity contribution in [3.05, 3.63) is 89.5 Å². The smallest absolute Gasteiger partial charge is 0.171 e. The molecule has 31 heavy (non-hydrogen) atoms. The van der Waals surface area contributed by atoms with E-state index in [0.29, 0.717) is 5.11 Å². The van der Waals surface area contributed by atoms with Crippen LogP contribution >= 0.6 is 24.0 Å². The Hall–Kier alpha value is -2.50. The van der Waals surface area contributed by atoms with Gasteiger partial charge in [0.15, 0.2) is 5.11 Å². The lowest BCUT2D eigenvalue weighted by Crippen LogP contribution is -2.42. The fourth-order valence-corrected chi connectivity index (χ4v) is 4.93. The lowest BCUT2D eigenvalue weighted by atomic mass is 9.89. The second-order valence-electron chi connectivity index (χ2n) is 8.56. The Balaban J connectivity index is 1.37. The van der Waals surface area contributed by atoms with Gasteiger partial charge in [-0.05, 0) is 68.9 Å². The molecule has 0 amide bonds. The molecule has 0 saturated heterocycles. The van der Waals surface area contributed by atoms with Crippen molar-refractivity contribution in [1.29, 1.82) is 0 Å². The number of thiocarbonyl (C=S) groups is 1. The van der Waals surface area contributed by atoms with E-state index in [1.807, 2.05) is 17.8 Å². The summed E-state index contributed by atoms with van der Waals surface area (Å²) in [7, 11) is 0. The van der Waals surface area contributed by atoms with Crippen molar-refractivity contribution < 1.29 is 4.74 Å². The molecule has 0 saturated carbocycles. The molecule has 1 aliphatic heterocycles. The highest BCUT2D eigenvalue weighted by Gasteiger charge is 2.34. The maximum absolute atomic E-state index is 6.17. The van der Waals surface area contributed by atoms with Gasteiger partial charge in [-0.2, -0.15) is 0 Å². The van der Waals surface area contributed by atoms with Gasteiger partial charge in [0.1, 0.15) is 11.4 Å². The maximum atomic E-state index is 6.17. The van der Waals surface area contributed by atoms with E-state index < -0.39 is 0 Å². The molecule has 1 heterocycles. The SMILES string of the molecule is Cc1ccc2c(c1)[C@H](NC(=S)Nc1ccc(CSc3ccccc3)cc1)CC(C)(C)O2. The molecule has 0 aliphatic carbocycles. The number of hydrogen-bond acceptors (Lipinski definition) is 3. The summed E-state index contributed by atoms with van der Waals surface area (Å²) in [6, 6.07) is 25.4. The summed E-state index contributed by atoms with van der Waals surface area (Å²) in [5, 5.41) is 7.47. The van der Waals surface area contributed by atoms with Crippen molar-refractivity contribution in [2.45, 2.75) is 49.5 Å². The summed E-state index contributed by atoms with van der Waals surface area (Å²) >= 11 is 7.48. The Bertz CT molecular complexity index is 1050. The van der Waals surface area contributed by atoms with Gasteiger partial charge in [0.05, 0.1) is 6.04 Å². The molecule has 4 rings (SSSR count). The minimum atomic E-state index is -0.242. The minimum Gasteiger partial charge on any atom is -0.487 e. The third-order valence-corrected chi connectivity index (χ3v) is 6.59. The third kappa shape index (κ3) is 5.81. The van der Waals surface area contributed by atoms with E-state index in [4.69, 9.17) is 17.0 Å². The van der Waals surface area contributed by atoms with Gasteiger partial charge in [-0.25, -0.2) is 0 Å². The average molecular weight is 449 g/mol. The average Bonchev–Trinajstić information content (AvgIpc) is 2.74. The Kier molecular flexibility index (Phi) is 6.54. The first-order valence-corrected chi connectivity index (χ1v) is 11.9. The second-order valence-corrected chi connectivity index (χ2v) is 10.0. The Morgan fingerprint density at radius 1 is 1.06 bits per heavy atom. The quantitative estimate of drug-likeness (QED) is 0.328. The summed E-state index contributed by atoms with van der Waals surface area (Å²) in [6.45, 7) is 6.34. The highest BCUT2D eigenvalue weighted by Crippen LogP contribution is 2.39. The number of thioether (sulfide) groups is 1. The molecule has 5 heteroatoms.